The molecule has 0 unspecified atom stereocenters. The third kappa shape index (κ3) is 3.23. The first-order valence-electron chi connectivity index (χ1n) is 7.90. The Kier molecular flexibility index (Phi) is 6.24. The number of hydrogen-bond donors (Lipinski definition) is 2. The number of fused-ring (bicyclic) bond motifs is 2. The number of nitrogens with one attached hydrogen (secondary N) is 2. The number of ether oxygens (including phenoxy) is 1. The molecule has 0 fully saturated rings. The Hall–Kier alpha value is -3.00. The van der Waals surface area contributed by atoms with Crippen molar-refractivity contribution in [3.8, 4) is 16.9 Å². The maximum absolute atomic E-state index is 10.5. The Morgan fingerprint density at radius 3 is 2.77 bits per heavy atom. The molecule has 0 aliphatic carbocycles. The number of amides is 1. The highest BCUT2D eigenvalue weighted by Crippen LogP contribution is 2.40. The van der Waals surface area contributed by atoms with E-state index < -0.39 is 0 Å². The molecule has 3 heterocycles. The number of nitrogens with zero attached hydrogens (tertiary/aromatic N) is 2. The molecule has 0 aliphatic heterocycles. The summed E-state index contributed by atoms with van der Waals surface area (Å²) in [6.07, 6.45) is 2.50. The Bertz CT molecular complexity index is 1040. The van der Waals surface area contributed by atoms with E-state index in [1.165, 1.54) is 0 Å². The van der Waals surface area contributed by atoms with Crippen molar-refractivity contribution in [2.45, 2.75) is 13.8 Å². The van der Waals surface area contributed by atoms with Gasteiger partial charge in [0.1, 0.15) is 17.0 Å². The summed E-state index contributed by atoms with van der Waals surface area (Å²) in [5.41, 5.74) is 5.31. The number of aromatic amines is 1. The van der Waals surface area contributed by atoms with Gasteiger partial charge in [-0.15, -0.1) is 11.3 Å². The first-order valence-corrected chi connectivity index (χ1v) is 8.78. The second-order valence-corrected chi connectivity index (χ2v) is 5.79. The van der Waals surface area contributed by atoms with E-state index >= 15 is 0 Å². The van der Waals surface area contributed by atoms with E-state index in [9.17, 15) is 4.79 Å². The van der Waals surface area contributed by atoms with Crippen molar-refractivity contribution < 1.29 is 17.1 Å². The highest BCUT2D eigenvalue weighted by Gasteiger charge is 2.16. The van der Waals surface area contributed by atoms with E-state index in [4.69, 9.17) is 4.74 Å². The van der Waals surface area contributed by atoms with Crippen LogP contribution in [0, 0.1) is 0 Å². The lowest BCUT2D eigenvalue weighted by Gasteiger charge is -2.08. The largest absolute Gasteiger partial charge is 0.494 e. The fraction of sp³-hybridized carbons (Fsp3) is 0.167. The SMILES string of the molecule is CC.COc1c(-c2c[nH]c3nc(NC=O)ccc23)ccc2scnc12.F.[HH].[HH]. The van der Waals surface area contributed by atoms with Gasteiger partial charge in [-0.3, -0.25) is 9.50 Å². The van der Waals surface area contributed by atoms with Gasteiger partial charge >= 0.3 is 0 Å². The summed E-state index contributed by atoms with van der Waals surface area (Å²) < 4.78 is 6.69. The molecule has 0 saturated carbocycles. The Labute approximate surface area is 156 Å². The van der Waals surface area contributed by atoms with E-state index in [2.05, 4.69) is 20.3 Å². The number of hydrogen-bond acceptors (Lipinski definition) is 5. The molecule has 8 heteroatoms. The molecule has 2 N–H and O–H groups in total. The number of halogens is 1. The normalized spacial score (nSPS) is 9.96. The molecule has 0 radical (unpaired) electrons. The zero-order valence-electron chi connectivity index (χ0n) is 14.6. The third-order valence-electron chi connectivity index (χ3n) is 3.70. The van der Waals surface area contributed by atoms with Gasteiger partial charge in [-0.05, 0) is 24.3 Å². The van der Waals surface area contributed by atoms with E-state index in [1.807, 2.05) is 43.8 Å². The van der Waals surface area contributed by atoms with Crippen LogP contribution in [0.5, 0.6) is 5.75 Å². The number of rotatable bonds is 4. The number of benzene rings is 1. The van der Waals surface area contributed by atoms with Crippen LogP contribution in [0.2, 0.25) is 0 Å². The predicted octanol–water partition coefficient (Wildman–Crippen LogP) is 5.09. The maximum atomic E-state index is 10.5. The number of anilines is 1. The van der Waals surface area contributed by atoms with Gasteiger partial charge in [0.25, 0.3) is 0 Å². The summed E-state index contributed by atoms with van der Waals surface area (Å²) in [5, 5.41) is 3.50. The highest BCUT2D eigenvalue weighted by molar-refractivity contribution is 7.16. The molecule has 26 heavy (non-hydrogen) atoms. The summed E-state index contributed by atoms with van der Waals surface area (Å²) in [7, 11) is 1.65. The molecule has 4 rings (SSSR count). The van der Waals surface area contributed by atoms with Gasteiger partial charge in [0.05, 0.1) is 17.3 Å². The minimum atomic E-state index is 0. The molecule has 140 valence electrons. The first-order chi connectivity index (χ1) is 12.3. The number of aromatic nitrogens is 3. The molecular formula is C18H23FN4O2S. The third-order valence-corrected chi connectivity index (χ3v) is 4.49. The van der Waals surface area contributed by atoms with Crippen LogP contribution in [0.25, 0.3) is 32.4 Å². The van der Waals surface area contributed by atoms with Crippen molar-refractivity contribution in [3.05, 3.63) is 36.0 Å². The average Bonchev–Trinajstić information content (AvgIpc) is 3.29. The number of carbonyl (C=O) groups is 1. The van der Waals surface area contributed by atoms with Crippen LogP contribution in [0.3, 0.4) is 0 Å². The van der Waals surface area contributed by atoms with Crippen LogP contribution in [0.1, 0.15) is 16.7 Å². The minimum Gasteiger partial charge on any atom is -0.494 e. The minimum absolute atomic E-state index is 0. The van der Waals surface area contributed by atoms with E-state index in [-0.39, 0.29) is 7.56 Å². The summed E-state index contributed by atoms with van der Waals surface area (Å²) >= 11 is 1.58. The van der Waals surface area contributed by atoms with Crippen molar-refractivity contribution in [1.29, 1.82) is 0 Å². The number of H-pyrrole nitrogens is 1. The summed E-state index contributed by atoms with van der Waals surface area (Å²) in [6, 6.07) is 7.76. The lowest BCUT2D eigenvalue weighted by Crippen LogP contribution is -1.96. The fourth-order valence-corrected chi connectivity index (χ4v) is 3.37. The topological polar surface area (TPSA) is 79.9 Å². The molecule has 4 aromatic rings. The lowest BCUT2D eigenvalue weighted by molar-refractivity contribution is -0.105. The zero-order valence-corrected chi connectivity index (χ0v) is 15.4. The predicted molar refractivity (Wildman–Crippen MR) is 109 cm³/mol. The number of methoxy groups -OCH3 is 1. The van der Waals surface area contributed by atoms with Gasteiger partial charge in [-0.25, -0.2) is 9.97 Å². The number of pyridine rings is 1. The summed E-state index contributed by atoms with van der Waals surface area (Å²) in [4.78, 5) is 22.4. The lowest BCUT2D eigenvalue weighted by atomic mass is 10.0. The van der Waals surface area contributed by atoms with Gasteiger partial charge < -0.3 is 15.0 Å². The molecule has 1 amide bonds. The van der Waals surface area contributed by atoms with Gasteiger partial charge in [0.15, 0.2) is 5.75 Å². The van der Waals surface area contributed by atoms with E-state index in [0.29, 0.717) is 17.9 Å². The molecule has 1 aromatic carbocycles. The molecule has 3 aromatic heterocycles. The molecule has 0 spiro atoms. The van der Waals surface area contributed by atoms with Crippen LogP contribution >= 0.6 is 11.3 Å². The maximum Gasteiger partial charge on any atom is 0.212 e. The van der Waals surface area contributed by atoms with Crippen molar-refractivity contribution in [1.82, 2.24) is 15.0 Å². The van der Waals surface area contributed by atoms with E-state index in [1.54, 1.807) is 24.5 Å². The zero-order chi connectivity index (χ0) is 17.8. The van der Waals surface area contributed by atoms with Crippen LogP contribution < -0.4 is 10.1 Å². The molecular weight excluding hydrogens is 355 g/mol. The standard InChI is InChI=1S/C16H12N4O2S.C2H6.FH.2H2/c1-22-15-9(2-4-12-14(15)19-8-23-12)11-6-17-16-10(11)3-5-13(20-16)18-7-21;1-2;;;/h2-8H,1H3,(H2,17,18,20,21);1-2H3;3*1H. The van der Waals surface area contributed by atoms with Gasteiger partial charge in [0, 0.05) is 25.6 Å². The quantitative estimate of drug-likeness (QED) is 0.485. The molecule has 0 atom stereocenters. The smallest absolute Gasteiger partial charge is 0.212 e. The van der Waals surface area contributed by atoms with E-state index in [0.717, 1.165) is 32.5 Å². The number of carbonyl (C=O) groups excluding carboxylic acids is 1. The average molecular weight is 378 g/mol. The summed E-state index contributed by atoms with van der Waals surface area (Å²) in [6.45, 7) is 4.00. The second-order valence-electron chi connectivity index (χ2n) is 4.90. The Morgan fingerprint density at radius 1 is 1.23 bits per heavy atom. The van der Waals surface area contributed by atoms with Gasteiger partial charge in [-0.2, -0.15) is 0 Å². The Balaban J connectivity index is 0.00000141. The van der Waals surface area contributed by atoms with Gasteiger partial charge in [-0.1, -0.05) is 13.8 Å². The van der Waals surface area contributed by atoms with Crippen LogP contribution in [-0.4, -0.2) is 28.5 Å². The van der Waals surface area contributed by atoms with Gasteiger partial charge in [0.2, 0.25) is 6.41 Å². The van der Waals surface area contributed by atoms with Crippen LogP contribution in [0.4, 0.5) is 10.5 Å². The fourth-order valence-electron chi connectivity index (χ4n) is 2.69. The molecule has 0 saturated heterocycles. The highest BCUT2D eigenvalue weighted by atomic mass is 32.1. The van der Waals surface area contributed by atoms with Crippen molar-refractivity contribution in [3.63, 3.8) is 0 Å². The second kappa shape index (κ2) is 8.39. The molecule has 0 aliphatic rings. The molecule has 0 bridgehead atoms. The van der Waals surface area contributed by atoms with Crippen molar-refractivity contribution in [2.24, 2.45) is 0 Å². The van der Waals surface area contributed by atoms with Crippen LogP contribution in [0.15, 0.2) is 36.0 Å². The number of thiazole rings is 1. The first kappa shape index (κ1) is 19.3. The van der Waals surface area contributed by atoms with Crippen LogP contribution in [-0.2, 0) is 4.79 Å². The summed E-state index contributed by atoms with van der Waals surface area (Å²) in [5.74, 6) is 1.25. The Morgan fingerprint density at radius 2 is 2.04 bits per heavy atom. The van der Waals surface area contributed by atoms with Crippen molar-refractivity contribution in [2.75, 3.05) is 12.4 Å². The monoisotopic (exact) mass is 378 g/mol. The van der Waals surface area contributed by atoms with Crippen molar-refractivity contribution >= 4 is 44.8 Å². The molecule has 6 nitrogen and oxygen atoms in total.